The van der Waals surface area contributed by atoms with Crippen LogP contribution in [0.25, 0.3) is 0 Å². The lowest BCUT2D eigenvalue weighted by Gasteiger charge is -2.21. The molecule has 1 atom stereocenters. The van der Waals surface area contributed by atoms with E-state index in [1.165, 1.54) is 0 Å². The van der Waals surface area contributed by atoms with Crippen molar-refractivity contribution in [3.63, 3.8) is 0 Å². The molecule has 1 aliphatic heterocycles. The van der Waals surface area contributed by atoms with Crippen LogP contribution < -0.4 is 10.6 Å². The van der Waals surface area contributed by atoms with Crippen molar-refractivity contribution in [3.8, 4) is 0 Å². The van der Waals surface area contributed by atoms with Gasteiger partial charge in [-0.05, 0) is 25.8 Å². The molecule has 7 heteroatoms. The maximum atomic E-state index is 12.0. The molecule has 0 saturated carbocycles. The van der Waals surface area contributed by atoms with Crippen LogP contribution in [0.2, 0.25) is 0 Å². The van der Waals surface area contributed by atoms with Crippen LogP contribution >= 0.6 is 12.4 Å². The molecule has 2 heterocycles. The minimum Gasteiger partial charge on any atom is -0.385 e. The monoisotopic (exact) mass is 302 g/mol. The van der Waals surface area contributed by atoms with E-state index in [1.807, 2.05) is 16.9 Å². The molecule has 0 aliphatic carbocycles. The van der Waals surface area contributed by atoms with Gasteiger partial charge >= 0.3 is 0 Å². The van der Waals surface area contributed by atoms with Crippen molar-refractivity contribution in [2.75, 3.05) is 32.1 Å². The minimum absolute atomic E-state index is 0. The Kier molecular flexibility index (Phi) is 7.58. The van der Waals surface area contributed by atoms with E-state index < -0.39 is 0 Å². The average Bonchev–Trinajstić information content (AvgIpc) is 2.88. The lowest BCUT2D eigenvalue weighted by Crippen LogP contribution is -2.37. The maximum Gasteiger partial charge on any atom is 0.229 e. The van der Waals surface area contributed by atoms with Gasteiger partial charge in [-0.15, -0.1) is 12.4 Å². The van der Waals surface area contributed by atoms with Crippen LogP contribution in [0.15, 0.2) is 12.3 Å². The number of aromatic nitrogens is 2. The number of amides is 1. The van der Waals surface area contributed by atoms with E-state index in [4.69, 9.17) is 4.74 Å². The van der Waals surface area contributed by atoms with Crippen LogP contribution in [0, 0.1) is 5.92 Å². The zero-order valence-corrected chi connectivity index (χ0v) is 12.6. The Morgan fingerprint density at radius 1 is 1.65 bits per heavy atom. The lowest BCUT2D eigenvalue weighted by atomic mass is 9.99. The fourth-order valence-corrected chi connectivity index (χ4v) is 2.23. The van der Waals surface area contributed by atoms with Gasteiger partial charge in [-0.25, -0.2) is 0 Å². The summed E-state index contributed by atoms with van der Waals surface area (Å²) in [6, 6.07) is 1.83. The third-order valence-electron chi connectivity index (χ3n) is 3.30. The summed E-state index contributed by atoms with van der Waals surface area (Å²) >= 11 is 0. The molecule has 6 nitrogen and oxygen atoms in total. The molecule has 1 aromatic rings. The van der Waals surface area contributed by atoms with Gasteiger partial charge in [0.05, 0.1) is 5.92 Å². The number of methoxy groups -OCH3 is 1. The number of carbonyl (C=O) groups is 1. The lowest BCUT2D eigenvalue weighted by molar-refractivity contribution is -0.120. The number of piperidine rings is 1. The van der Waals surface area contributed by atoms with E-state index in [1.54, 1.807) is 7.11 Å². The number of hydrogen-bond donors (Lipinski definition) is 2. The van der Waals surface area contributed by atoms with Crippen LogP contribution in [-0.4, -0.2) is 42.5 Å². The Morgan fingerprint density at radius 2 is 2.50 bits per heavy atom. The van der Waals surface area contributed by atoms with Gasteiger partial charge in [0, 0.05) is 39.1 Å². The summed E-state index contributed by atoms with van der Waals surface area (Å²) in [5.41, 5.74) is 0. The predicted octanol–water partition coefficient (Wildman–Crippen LogP) is 1.28. The van der Waals surface area contributed by atoms with Crippen LogP contribution in [-0.2, 0) is 16.1 Å². The second-order valence-electron chi connectivity index (χ2n) is 4.84. The summed E-state index contributed by atoms with van der Waals surface area (Å²) in [6.07, 6.45) is 4.80. The first kappa shape index (κ1) is 16.9. The molecule has 1 fully saturated rings. The summed E-state index contributed by atoms with van der Waals surface area (Å²) in [7, 11) is 1.69. The summed E-state index contributed by atoms with van der Waals surface area (Å²) in [6.45, 7) is 3.29. The molecule has 0 radical (unpaired) electrons. The minimum atomic E-state index is 0. The number of nitrogens with one attached hydrogen (secondary N) is 2. The number of anilines is 1. The van der Waals surface area contributed by atoms with Gasteiger partial charge in [0.1, 0.15) is 0 Å². The van der Waals surface area contributed by atoms with Gasteiger partial charge < -0.3 is 15.4 Å². The standard InChI is InChI=1S/C13H22N4O2.ClH/c1-19-9-3-7-17-8-5-12(16-17)15-13(18)11-4-2-6-14-10-11;/h5,8,11,14H,2-4,6-7,9-10H2,1H3,(H,15,16,18);1H. The fraction of sp³-hybridized carbons (Fsp3) is 0.692. The summed E-state index contributed by atoms with van der Waals surface area (Å²) < 4.78 is 6.82. The third kappa shape index (κ3) is 5.11. The first-order valence-corrected chi connectivity index (χ1v) is 6.83. The molecule has 20 heavy (non-hydrogen) atoms. The summed E-state index contributed by atoms with van der Waals surface area (Å²) in [5, 5.41) is 10.4. The van der Waals surface area contributed by atoms with Crippen molar-refractivity contribution < 1.29 is 9.53 Å². The van der Waals surface area contributed by atoms with Crippen molar-refractivity contribution in [2.24, 2.45) is 5.92 Å². The van der Waals surface area contributed by atoms with Crippen molar-refractivity contribution in [1.29, 1.82) is 0 Å². The zero-order chi connectivity index (χ0) is 13.5. The summed E-state index contributed by atoms with van der Waals surface area (Å²) in [4.78, 5) is 12.0. The largest absolute Gasteiger partial charge is 0.385 e. The number of rotatable bonds is 6. The number of halogens is 1. The van der Waals surface area contributed by atoms with Gasteiger partial charge in [-0.1, -0.05) is 0 Å². The van der Waals surface area contributed by atoms with Gasteiger partial charge in [-0.2, -0.15) is 5.10 Å². The van der Waals surface area contributed by atoms with Gasteiger partial charge in [0.25, 0.3) is 0 Å². The second kappa shape index (κ2) is 8.94. The molecule has 0 bridgehead atoms. The molecule has 114 valence electrons. The fourth-order valence-electron chi connectivity index (χ4n) is 2.23. The van der Waals surface area contributed by atoms with Gasteiger partial charge in [-0.3, -0.25) is 9.48 Å². The number of hydrogen-bond acceptors (Lipinski definition) is 4. The highest BCUT2D eigenvalue weighted by Crippen LogP contribution is 2.13. The Labute approximate surface area is 125 Å². The Hall–Kier alpha value is -1.11. The first-order chi connectivity index (χ1) is 9.29. The second-order valence-corrected chi connectivity index (χ2v) is 4.84. The predicted molar refractivity (Wildman–Crippen MR) is 80.2 cm³/mol. The number of carbonyl (C=O) groups excluding carboxylic acids is 1. The molecule has 1 amide bonds. The third-order valence-corrected chi connectivity index (χ3v) is 3.30. The Bertz CT molecular complexity index is 405. The molecular weight excluding hydrogens is 280 g/mol. The highest BCUT2D eigenvalue weighted by Gasteiger charge is 2.21. The molecule has 1 saturated heterocycles. The Balaban J connectivity index is 0.00000200. The number of nitrogens with zero attached hydrogens (tertiary/aromatic N) is 2. The van der Waals surface area contributed by atoms with E-state index in [9.17, 15) is 4.79 Å². The van der Waals surface area contributed by atoms with Crippen molar-refractivity contribution in [2.45, 2.75) is 25.8 Å². The molecule has 2 rings (SSSR count). The van der Waals surface area contributed by atoms with E-state index >= 15 is 0 Å². The smallest absolute Gasteiger partial charge is 0.229 e. The Morgan fingerprint density at radius 3 is 3.20 bits per heavy atom. The normalized spacial score (nSPS) is 18.4. The zero-order valence-electron chi connectivity index (χ0n) is 11.8. The molecule has 2 N–H and O–H groups in total. The molecule has 1 aliphatic rings. The quantitative estimate of drug-likeness (QED) is 0.777. The van der Waals surface area contributed by atoms with Crippen LogP contribution in [0.5, 0.6) is 0 Å². The van der Waals surface area contributed by atoms with Crippen molar-refractivity contribution in [1.82, 2.24) is 15.1 Å². The maximum absolute atomic E-state index is 12.0. The van der Waals surface area contributed by atoms with E-state index in [0.717, 1.165) is 45.5 Å². The van der Waals surface area contributed by atoms with Crippen LogP contribution in [0.4, 0.5) is 5.82 Å². The topological polar surface area (TPSA) is 68.2 Å². The van der Waals surface area contributed by atoms with Crippen molar-refractivity contribution in [3.05, 3.63) is 12.3 Å². The molecular formula is C13H23ClN4O2. The SMILES string of the molecule is COCCCn1ccc(NC(=O)C2CCCNC2)n1.Cl. The van der Waals surface area contributed by atoms with Crippen LogP contribution in [0.3, 0.4) is 0 Å². The van der Waals surface area contributed by atoms with E-state index in [-0.39, 0.29) is 24.2 Å². The highest BCUT2D eigenvalue weighted by molar-refractivity contribution is 5.91. The van der Waals surface area contributed by atoms with Gasteiger partial charge in [0.2, 0.25) is 5.91 Å². The number of aryl methyl sites for hydroxylation is 1. The molecule has 0 spiro atoms. The summed E-state index contributed by atoms with van der Waals surface area (Å²) in [5.74, 6) is 0.759. The van der Waals surface area contributed by atoms with E-state index in [2.05, 4.69) is 15.7 Å². The molecule has 0 aromatic carbocycles. The van der Waals surface area contributed by atoms with Gasteiger partial charge in [0.15, 0.2) is 5.82 Å². The van der Waals surface area contributed by atoms with E-state index in [0.29, 0.717) is 5.82 Å². The number of ether oxygens (including phenoxy) is 1. The molecule has 1 unspecified atom stereocenters. The average molecular weight is 303 g/mol. The van der Waals surface area contributed by atoms with Crippen molar-refractivity contribution >= 4 is 24.1 Å². The van der Waals surface area contributed by atoms with Crippen LogP contribution in [0.1, 0.15) is 19.3 Å². The first-order valence-electron chi connectivity index (χ1n) is 6.83. The molecule has 1 aromatic heterocycles. The highest BCUT2D eigenvalue weighted by atomic mass is 35.5.